The van der Waals surface area contributed by atoms with Crippen LogP contribution in [0.1, 0.15) is 0 Å². The van der Waals surface area contributed by atoms with Crippen molar-refractivity contribution in [3.05, 3.63) is 54.3 Å². The highest BCUT2D eigenvalue weighted by molar-refractivity contribution is 7.89. The molecule has 0 atom stereocenters. The quantitative estimate of drug-likeness (QED) is 0.812. The molecule has 2 rings (SSSR count). The van der Waals surface area contributed by atoms with Crippen LogP contribution in [0, 0.1) is 17.7 Å². The molecule has 0 heterocycles. The highest BCUT2D eigenvalue weighted by Gasteiger charge is 2.12. The smallest absolute Gasteiger partial charge is 0.241 e. The van der Waals surface area contributed by atoms with Crippen LogP contribution in [0.4, 0.5) is 4.39 Å². The molecule has 0 aromatic heterocycles. The summed E-state index contributed by atoms with van der Waals surface area (Å²) in [6.07, 6.45) is 0. The highest BCUT2D eigenvalue weighted by atomic mass is 32.2. The van der Waals surface area contributed by atoms with Crippen molar-refractivity contribution in [1.82, 2.24) is 4.72 Å². The van der Waals surface area contributed by atoms with Gasteiger partial charge in [0, 0.05) is 0 Å². The van der Waals surface area contributed by atoms with Crippen LogP contribution in [0.3, 0.4) is 0 Å². The Morgan fingerprint density at radius 2 is 1.83 bits per heavy atom. The number of hydrogen-bond acceptors (Lipinski definition) is 4. The van der Waals surface area contributed by atoms with Gasteiger partial charge < -0.3 is 9.47 Å². The molecule has 0 spiro atoms. The third kappa shape index (κ3) is 4.98. The molecule has 1 N–H and O–H groups in total. The van der Waals surface area contributed by atoms with Crippen molar-refractivity contribution < 1.29 is 22.3 Å². The Morgan fingerprint density at radius 1 is 1.08 bits per heavy atom. The van der Waals surface area contributed by atoms with E-state index in [1.54, 1.807) is 18.2 Å². The van der Waals surface area contributed by atoms with Gasteiger partial charge in [-0.15, -0.1) is 0 Å². The zero-order chi connectivity index (χ0) is 17.4. The van der Waals surface area contributed by atoms with Crippen LogP contribution in [-0.2, 0) is 10.0 Å². The lowest BCUT2D eigenvalue weighted by molar-refractivity contribution is 0.331. The van der Waals surface area contributed by atoms with Crippen molar-refractivity contribution in [3.8, 4) is 23.3 Å². The number of halogens is 1. The minimum absolute atomic E-state index is 0.0854. The minimum atomic E-state index is -3.79. The zero-order valence-corrected chi connectivity index (χ0v) is 13.8. The molecule has 7 heteroatoms. The molecule has 24 heavy (non-hydrogen) atoms. The maximum atomic E-state index is 13.1. The van der Waals surface area contributed by atoms with Crippen LogP contribution < -0.4 is 14.2 Å². The summed E-state index contributed by atoms with van der Waals surface area (Å²) in [5.41, 5.74) is 0. The van der Waals surface area contributed by atoms with Gasteiger partial charge in [0.25, 0.3) is 0 Å². The second-order valence-electron chi connectivity index (χ2n) is 4.58. The molecule has 5 nitrogen and oxygen atoms in total. The normalized spacial score (nSPS) is 10.6. The molecule has 0 saturated carbocycles. The summed E-state index contributed by atoms with van der Waals surface area (Å²) in [5, 5.41) is 0. The Balaban J connectivity index is 1.86. The molecule has 126 valence electrons. The first-order valence-electron chi connectivity index (χ1n) is 7.00. The predicted octanol–water partition coefficient (Wildman–Crippen LogP) is 2.20. The van der Waals surface area contributed by atoms with E-state index in [0.29, 0.717) is 11.5 Å². The summed E-state index contributed by atoms with van der Waals surface area (Å²) >= 11 is 0. The zero-order valence-electron chi connectivity index (χ0n) is 13.0. The van der Waals surface area contributed by atoms with E-state index in [9.17, 15) is 12.8 Å². The van der Waals surface area contributed by atoms with E-state index in [1.165, 1.54) is 25.3 Å². The van der Waals surface area contributed by atoms with E-state index < -0.39 is 15.8 Å². The van der Waals surface area contributed by atoms with Crippen LogP contribution in [0.5, 0.6) is 11.5 Å². The molecule has 2 aromatic carbocycles. The van der Waals surface area contributed by atoms with E-state index in [2.05, 4.69) is 16.6 Å². The fraction of sp³-hybridized carbons (Fsp3) is 0.176. The summed E-state index contributed by atoms with van der Waals surface area (Å²) in [6.45, 7) is -0.0177. The van der Waals surface area contributed by atoms with Gasteiger partial charge in [0.05, 0.1) is 18.6 Å². The fourth-order valence-corrected chi connectivity index (χ4v) is 2.77. The van der Waals surface area contributed by atoms with Crippen molar-refractivity contribution >= 4 is 10.0 Å². The Hall–Kier alpha value is -2.56. The van der Waals surface area contributed by atoms with E-state index in [0.717, 1.165) is 6.07 Å². The molecular weight excluding hydrogens is 333 g/mol. The first kappa shape index (κ1) is 17.8. The number of methoxy groups -OCH3 is 1. The maximum Gasteiger partial charge on any atom is 0.241 e. The van der Waals surface area contributed by atoms with Gasteiger partial charge in [-0.25, -0.2) is 12.8 Å². The topological polar surface area (TPSA) is 64.6 Å². The van der Waals surface area contributed by atoms with Gasteiger partial charge in [-0.1, -0.05) is 30.0 Å². The Bertz CT molecular complexity index is 856. The average molecular weight is 349 g/mol. The first-order chi connectivity index (χ1) is 11.5. The lowest BCUT2D eigenvalue weighted by Gasteiger charge is -2.07. The van der Waals surface area contributed by atoms with Gasteiger partial charge in [0.15, 0.2) is 11.5 Å². The lowest BCUT2D eigenvalue weighted by atomic mass is 10.3. The molecule has 0 radical (unpaired) electrons. The SMILES string of the molecule is COc1ccccc1OCC#CCNS(=O)(=O)c1cccc(F)c1. The molecular formula is C17H16FNO4S. The number of para-hydroxylation sites is 2. The van der Waals surface area contributed by atoms with Gasteiger partial charge in [-0.3, -0.25) is 0 Å². The number of hydrogen-bond donors (Lipinski definition) is 1. The van der Waals surface area contributed by atoms with Gasteiger partial charge >= 0.3 is 0 Å². The molecule has 0 bridgehead atoms. The molecule has 0 fully saturated rings. The van der Waals surface area contributed by atoms with Crippen molar-refractivity contribution in [2.75, 3.05) is 20.3 Å². The van der Waals surface area contributed by atoms with Crippen molar-refractivity contribution in [2.45, 2.75) is 4.90 Å². The Morgan fingerprint density at radius 3 is 2.54 bits per heavy atom. The lowest BCUT2D eigenvalue weighted by Crippen LogP contribution is -2.24. The van der Waals surface area contributed by atoms with Crippen molar-refractivity contribution in [2.24, 2.45) is 0 Å². The van der Waals surface area contributed by atoms with Crippen molar-refractivity contribution in [1.29, 1.82) is 0 Å². The van der Waals surface area contributed by atoms with E-state index in [4.69, 9.17) is 9.47 Å². The van der Waals surface area contributed by atoms with Gasteiger partial charge in [-0.05, 0) is 30.3 Å². The summed E-state index contributed by atoms with van der Waals surface area (Å²) < 4.78 is 49.8. The van der Waals surface area contributed by atoms with Crippen LogP contribution in [0.2, 0.25) is 0 Å². The van der Waals surface area contributed by atoms with Crippen LogP contribution in [0.15, 0.2) is 53.4 Å². The molecule has 0 saturated heterocycles. The highest BCUT2D eigenvalue weighted by Crippen LogP contribution is 2.25. The van der Waals surface area contributed by atoms with Crippen molar-refractivity contribution in [3.63, 3.8) is 0 Å². The molecule has 0 aliphatic heterocycles. The molecule has 0 unspecified atom stereocenters. The molecule has 0 aliphatic rings. The van der Waals surface area contributed by atoms with Gasteiger partial charge in [0.2, 0.25) is 10.0 Å². The monoisotopic (exact) mass is 349 g/mol. The van der Waals surface area contributed by atoms with Crippen LogP contribution in [-0.4, -0.2) is 28.7 Å². The third-order valence-corrected chi connectivity index (χ3v) is 4.35. The number of ether oxygens (including phenoxy) is 2. The fourth-order valence-electron chi connectivity index (χ4n) is 1.81. The van der Waals surface area contributed by atoms with Gasteiger partial charge in [-0.2, -0.15) is 4.72 Å². The maximum absolute atomic E-state index is 13.1. The standard InChI is InChI=1S/C17H16FNO4S/c1-22-16-9-2-3-10-17(16)23-12-5-4-11-19-24(20,21)15-8-6-7-14(18)13-15/h2-3,6-10,13,19H,11-12H2,1H3. The van der Waals surface area contributed by atoms with E-state index >= 15 is 0 Å². The summed E-state index contributed by atoms with van der Waals surface area (Å²) in [7, 11) is -2.25. The first-order valence-corrected chi connectivity index (χ1v) is 8.48. The second-order valence-corrected chi connectivity index (χ2v) is 6.34. The van der Waals surface area contributed by atoms with E-state index in [-0.39, 0.29) is 18.0 Å². The van der Waals surface area contributed by atoms with Gasteiger partial charge in [0.1, 0.15) is 12.4 Å². The minimum Gasteiger partial charge on any atom is -0.493 e. The number of benzene rings is 2. The average Bonchev–Trinajstić information content (AvgIpc) is 2.58. The van der Waals surface area contributed by atoms with Crippen LogP contribution in [0.25, 0.3) is 0 Å². The van der Waals surface area contributed by atoms with Crippen LogP contribution >= 0.6 is 0 Å². The molecule has 0 aliphatic carbocycles. The number of rotatable bonds is 6. The predicted molar refractivity (Wildman–Crippen MR) is 87.9 cm³/mol. The Labute approximate surface area is 140 Å². The molecule has 2 aromatic rings. The summed E-state index contributed by atoms with van der Waals surface area (Å²) in [6, 6.07) is 11.9. The Kier molecular flexibility index (Phi) is 6.18. The largest absolute Gasteiger partial charge is 0.493 e. The summed E-state index contributed by atoms with van der Waals surface area (Å²) in [4.78, 5) is -0.144. The summed E-state index contributed by atoms with van der Waals surface area (Å²) in [5.74, 6) is 5.85. The number of nitrogens with one attached hydrogen (secondary N) is 1. The second kappa shape index (κ2) is 8.34. The van der Waals surface area contributed by atoms with E-state index in [1.807, 2.05) is 6.07 Å². The molecule has 0 amide bonds. The third-order valence-electron chi connectivity index (χ3n) is 2.95. The number of sulfonamides is 1.